The van der Waals surface area contributed by atoms with Crippen molar-refractivity contribution < 1.29 is 13.5 Å². The first-order valence-corrected chi connectivity index (χ1v) is 5.84. The van der Waals surface area contributed by atoms with Gasteiger partial charge in [0.25, 0.3) is 0 Å². The standard InChI is InChI=1S/C13H14F2N2OS/c1-4-7(13(16)17-2)12(19)10-9(18-3)6-5-8(14)11(10)15/h4-6H,1-3H3,(H2,16,17)/b7-4-. The Labute approximate surface area is 115 Å². The van der Waals surface area contributed by atoms with Crippen molar-refractivity contribution in [3.05, 3.63) is 41.0 Å². The molecule has 0 fully saturated rings. The molecule has 0 saturated carbocycles. The third kappa shape index (κ3) is 2.96. The van der Waals surface area contributed by atoms with Gasteiger partial charge >= 0.3 is 0 Å². The molecule has 0 atom stereocenters. The number of amidine groups is 1. The van der Waals surface area contributed by atoms with Gasteiger partial charge in [-0.3, -0.25) is 4.99 Å². The molecular weight excluding hydrogens is 270 g/mol. The number of ether oxygens (including phenoxy) is 1. The Kier molecular flexibility index (Phi) is 5.11. The molecule has 6 heteroatoms. The molecule has 2 N–H and O–H groups in total. The summed E-state index contributed by atoms with van der Waals surface area (Å²) in [6.07, 6.45) is 1.59. The van der Waals surface area contributed by atoms with Gasteiger partial charge < -0.3 is 10.5 Å². The Hall–Kier alpha value is -1.82. The van der Waals surface area contributed by atoms with Crippen molar-refractivity contribution in [1.82, 2.24) is 0 Å². The SMILES string of the molecule is C/C=C(/C(=S)c1c(OC)ccc(F)c1F)C(N)=NC. The van der Waals surface area contributed by atoms with Crippen molar-refractivity contribution in [2.24, 2.45) is 10.7 Å². The molecule has 0 saturated heterocycles. The molecule has 0 aromatic heterocycles. The van der Waals surface area contributed by atoms with E-state index in [9.17, 15) is 8.78 Å². The third-order valence-corrected chi connectivity index (χ3v) is 2.98. The fraction of sp³-hybridized carbons (Fsp3) is 0.231. The maximum absolute atomic E-state index is 13.9. The van der Waals surface area contributed by atoms with Crippen LogP contribution in [0.5, 0.6) is 5.75 Å². The van der Waals surface area contributed by atoms with Gasteiger partial charge in [-0.25, -0.2) is 8.78 Å². The summed E-state index contributed by atoms with van der Waals surface area (Å²) in [5.74, 6) is -1.77. The highest BCUT2D eigenvalue weighted by molar-refractivity contribution is 7.81. The molecule has 0 heterocycles. The van der Waals surface area contributed by atoms with Crippen LogP contribution in [0.2, 0.25) is 0 Å². The lowest BCUT2D eigenvalue weighted by atomic mass is 10.0. The summed E-state index contributed by atoms with van der Waals surface area (Å²) in [5, 5.41) is 0. The van der Waals surface area contributed by atoms with Gasteiger partial charge in [-0.15, -0.1) is 0 Å². The monoisotopic (exact) mass is 284 g/mol. The van der Waals surface area contributed by atoms with Gasteiger partial charge in [-0.05, 0) is 19.1 Å². The predicted molar refractivity (Wildman–Crippen MR) is 75.9 cm³/mol. The number of nitrogens with zero attached hydrogens (tertiary/aromatic N) is 1. The molecule has 1 aromatic rings. The van der Waals surface area contributed by atoms with Crippen molar-refractivity contribution >= 4 is 22.9 Å². The normalized spacial score (nSPS) is 12.5. The lowest BCUT2D eigenvalue weighted by molar-refractivity contribution is 0.405. The maximum Gasteiger partial charge on any atom is 0.171 e. The number of thiocarbonyl (C=S) groups is 1. The van der Waals surface area contributed by atoms with E-state index in [1.54, 1.807) is 13.0 Å². The van der Waals surface area contributed by atoms with Crippen molar-refractivity contribution in [3.63, 3.8) is 0 Å². The van der Waals surface area contributed by atoms with Crippen LogP contribution >= 0.6 is 12.2 Å². The smallest absolute Gasteiger partial charge is 0.171 e. The molecule has 0 aliphatic rings. The van der Waals surface area contributed by atoms with Crippen molar-refractivity contribution in [2.45, 2.75) is 6.92 Å². The Morgan fingerprint density at radius 3 is 2.53 bits per heavy atom. The summed E-state index contributed by atoms with van der Waals surface area (Å²) in [6, 6.07) is 2.29. The van der Waals surface area contributed by atoms with Crippen LogP contribution in [0.15, 0.2) is 28.8 Å². The molecule has 19 heavy (non-hydrogen) atoms. The molecule has 0 aliphatic carbocycles. The number of hydrogen-bond acceptors (Lipinski definition) is 3. The zero-order valence-corrected chi connectivity index (χ0v) is 11.6. The molecule has 0 radical (unpaired) electrons. The van der Waals surface area contributed by atoms with Crippen molar-refractivity contribution in [2.75, 3.05) is 14.2 Å². The van der Waals surface area contributed by atoms with Gasteiger partial charge in [0.2, 0.25) is 0 Å². The van der Waals surface area contributed by atoms with Crippen LogP contribution < -0.4 is 10.5 Å². The van der Waals surface area contributed by atoms with Gasteiger partial charge in [0.05, 0.1) is 17.5 Å². The number of rotatable bonds is 4. The molecule has 0 unspecified atom stereocenters. The first kappa shape index (κ1) is 15.2. The van der Waals surface area contributed by atoms with E-state index in [2.05, 4.69) is 4.99 Å². The predicted octanol–water partition coefficient (Wildman–Crippen LogP) is 2.62. The second kappa shape index (κ2) is 6.38. The van der Waals surface area contributed by atoms with E-state index < -0.39 is 11.6 Å². The molecular formula is C13H14F2N2OS. The Bertz CT molecular complexity index is 568. The zero-order chi connectivity index (χ0) is 14.6. The summed E-state index contributed by atoms with van der Waals surface area (Å²) < 4.78 is 32.3. The van der Waals surface area contributed by atoms with E-state index in [4.69, 9.17) is 22.7 Å². The van der Waals surface area contributed by atoms with Gasteiger partial charge in [0.1, 0.15) is 11.6 Å². The van der Waals surface area contributed by atoms with E-state index >= 15 is 0 Å². The van der Waals surface area contributed by atoms with Crippen LogP contribution in [-0.4, -0.2) is 24.9 Å². The van der Waals surface area contributed by atoms with E-state index in [1.165, 1.54) is 20.2 Å². The second-order valence-corrected chi connectivity index (χ2v) is 3.99. The van der Waals surface area contributed by atoms with Crippen LogP contribution in [0.4, 0.5) is 8.78 Å². The number of methoxy groups -OCH3 is 1. The number of halogens is 2. The van der Waals surface area contributed by atoms with Gasteiger partial charge in [-0.2, -0.15) is 0 Å². The molecule has 0 amide bonds. The van der Waals surface area contributed by atoms with Crippen LogP contribution in [0, 0.1) is 11.6 Å². The number of hydrogen-bond donors (Lipinski definition) is 1. The average Bonchev–Trinajstić information content (AvgIpc) is 2.41. The number of allylic oxidation sites excluding steroid dienone is 1. The highest BCUT2D eigenvalue weighted by Crippen LogP contribution is 2.27. The highest BCUT2D eigenvalue weighted by Gasteiger charge is 2.21. The van der Waals surface area contributed by atoms with E-state index in [1.807, 2.05) is 0 Å². The average molecular weight is 284 g/mol. The van der Waals surface area contributed by atoms with Crippen LogP contribution in [0.3, 0.4) is 0 Å². The quantitative estimate of drug-likeness (QED) is 0.304. The van der Waals surface area contributed by atoms with Crippen LogP contribution in [0.25, 0.3) is 0 Å². The third-order valence-electron chi connectivity index (χ3n) is 2.55. The maximum atomic E-state index is 13.9. The van der Waals surface area contributed by atoms with Crippen LogP contribution in [-0.2, 0) is 0 Å². The van der Waals surface area contributed by atoms with E-state index in [0.717, 1.165) is 6.07 Å². The topological polar surface area (TPSA) is 47.6 Å². The van der Waals surface area contributed by atoms with Crippen molar-refractivity contribution in [3.8, 4) is 5.75 Å². The lowest BCUT2D eigenvalue weighted by Gasteiger charge is -2.13. The molecule has 0 spiro atoms. The van der Waals surface area contributed by atoms with E-state index in [-0.39, 0.29) is 22.0 Å². The van der Waals surface area contributed by atoms with Crippen molar-refractivity contribution in [1.29, 1.82) is 0 Å². The lowest BCUT2D eigenvalue weighted by Crippen LogP contribution is -2.22. The Morgan fingerprint density at radius 2 is 2.05 bits per heavy atom. The summed E-state index contributed by atoms with van der Waals surface area (Å²) in [5.41, 5.74) is 5.92. The molecule has 102 valence electrons. The molecule has 0 bridgehead atoms. The first-order valence-electron chi connectivity index (χ1n) is 5.43. The first-order chi connectivity index (χ1) is 8.97. The summed E-state index contributed by atoms with van der Waals surface area (Å²) in [4.78, 5) is 3.85. The fourth-order valence-corrected chi connectivity index (χ4v) is 1.98. The second-order valence-electron chi connectivity index (χ2n) is 3.58. The molecule has 1 aromatic carbocycles. The van der Waals surface area contributed by atoms with Gasteiger partial charge in [0, 0.05) is 12.6 Å². The summed E-state index contributed by atoms with van der Waals surface area (Å²) >= 11 is 5.17. The number of nitrogens with two attached hydrogens (primary N) is 1. The largest absolute Gasteiger partial charge is 0.496 e. The number of benzene rings is 1. The fourth-order valence-electron chi connectivity index (χ4n) is 1.57. The summed E-state index contributed by atoms with van der Waals surface area (Å²) in [7, 11) is 2.84. The van der Waals surface area contributed by atoms with Gasteiger partial charge in [0.15, 0.2) is 11.6 Å². The van der Waals surface area contributed by atoms with Gasteiger partial charge in [-0.1, -0.05) is 18.3 Å². The number of aliphatic imine (C=N–C) groups is 1. The minimum atomic E-state index is -1.06. The van der Waals surface area contributed by atoms with Crippen LogP contribution in [0.1, 0.15) is 12.5 Å². The molecule has 3 nitrogen and oxygen atoms in total. The highest BCUT2D eigenvalue weighted by atomic mass is 32.1. The Morgan fingerprint density at radius 1 is 1.42 bits per heavy atom. The summed E-state index contributed by atoms with van der Waals surface area (Å²) in [6.45, 7) is 1.68. The molecule has 0 aliphatic heterocycles. The van der Waals surface area contributed by atoms with E-state index in [0.29, 0.717) is 5.57 Å². The Balaban J connectivity index is 3.45. The minimum absolute atomic E-state index is 0.0550. The molecule has 1 rings (SSSR count). The minimum Gasteiger partial charge on any atom is -0.496 e. The zero-order valence-electron chi connectivity index (χ0n) is 10.8.